The van der Waals surface area contributed by atoms with Crippen LogP contribution < -0.4 is 10.1 Å². The van der Waals surface area contributed by atoms with Gasteiger partial charge in [0.15, 0.2) is 0 Å². The second-order valence-electron chi connectivity index (χ2n) is 11.1. The molecule has 0 heterocycles. The number of amides is 1. The van der Waals surface area contributed by atoms with Crippen LogP contribution in [0.5, 0.6) is 5.75 Å². The van der Waals surface area contributed by atoms with E-state index >= 15 is 0 Å². The van der Waals surface area contributed by atoms with Gasteiger partial charge in [-0.1, -0.05) is 23.3 Å². The molecule has 0 aromatic heterocycles. The fourth-order valence-electron chi connectivity index (χ4n) is 6.73. The van der Waals surface area contributed by atoms with Gasteiger partial charge in [0.25, 0.3) is 0 Å². The molecule has 0 aliphatic heterocycles. The lowest BCUT2D eigenvalue weighted by Crippen LogP contribution is -2.51. The summed E-state index contributed by atoms with van der Waals surface area (Å²) in [5.74, 6) is 3.43. The monoisotopic (exact) mass is 447 g/mol. The zero-order valence-corrected chi connectivity index (χ0v) is 20.8. The molecule has 3 heteroatoms. The number of hydrogen-bond donors (Lipinski definition) is 1. The van der Waals surface area contributed by atoms with E-state index in [9.17, 15) is 4.79 Å². The van der Waals surface area contributed by atoms with Gasteiger partial charge < -0.3 is 10.1 Å². The van der Waals surface area contributed by atoms with Crippen molar-refractivity contribution >= 4 is 11.6 Å². The summed E-state index contributed by atoms with van der Waals surface area (Å²) in [7, 11) is 0. The van der Waals surface area contributed by atoms with E-state index in [2.05, 4.69) is 50.9 Å². The molecule has 4 bridgehead atoms. The smallest absolute Gasteiger partial charge is 0.230 e. The van der Waals surface area contributed by atoms with Crippen molar-refractivity contribution in [3.63, 3.8) is 0 Å². The van der Waals surface area contributed by atoms with Crippen molar-refractivity contribution in [2.24, 2.45) is 23.2 Å². The van der Waals surface area contributed by atoms with Gasteiger partial charge in [0.1, 0.15) is 12.4 Å². The molecule has 4 saturated carbocycles. The molecule has 1 aromatic rings. The molecule has 4 fully saturated rings. The number of rotatable bonds is 10. The van der Waals surface area contributed by atoms with Crippen molar-refractivity contribution in [2.45, 2.75) is 78.6 Å². The summed E-state index contributed by atoms with van der Waals surface area (Å²) in [5.41, 5.74) is 4.54. The van der Waals surface area contributed by atoms with Crippen LogP contribution in [0, 0.1) is 23.2 Å². The Balaban J connectivity index is 1.38. The Bertz CT molecular complexity index is 899. The van der Waals surface area contributed by atoms with Crippen LogP contribution in [0.4, 0.5) is 5.69 Å². The maximum absolute atomic E-state index is 13.4. The van der Waals surface area contributed by atoms with E-state index in [0.29, 0.717) is 6.61 Å². The number of nitrogens with one attached hydrogen (secondary N) is 1. The third-order valence-corrected chi connectivity index (χ3v) is 7.96. The van der Waals surface area contributed by atoms with Gasteiger partial charge in [-0.05, 0) is 126 Å². The zero-order chi connectivity index (χ0) is 23.4. The first kappa shape index (κ1) is 23.9. The van der Waals surface area contributed by atoms with Gasteiger partial charge in [-0.2, -0.15) is 0 Å². The first-order valence-corrected chi connectivity index (χ1v) is 12.8. The quantitative estimate of drug-likeness (QED) is 0.374. The summed E-state index contributed by atoms with van der Waals surface area (Å²) in [5, 5.41) is 3.29. The van der Waals surface area contributed by atoms with Crippen LogP contribution in [0.15, 0.2) is 54.2 Å². The summed E-state index contributed by atoms with van der Waals surface area (Å²) >= 11 is 0. The standard InChI is InChI=1S/C30H41NO2/c1-5-7-26-17-27(10-11-28(26)33-13-12-22(4)9-6-8-21(2)3)31-29(32)30-18-23-14-24(19-30)16-25(15-23)20-30/h5,8,10-12,17,23-25H,1,6-7,9,13-16,18-20H2,2-4H3,(H,31,32)/b22-12+. The number of benzene rings is 1. The molecule has 0 unspecified atom stereocenters. The maximum atomic E-state index is 13.4. The Morgan fingerprint density at radius 3 is 2.36 bits per heavy atom. The van der Waals surface area contributed by atoms with Gasteiger partial charge in [-0.15, -0.1) is 6.58 Å². The summed E-state index contributed by atoms with van der Waals surface area (Å²) in [6.07, 6.45) is 16.5. The highest BCUT2D eigenvalue weighted by molar-refractivity contribution is 5.95. The normalized spacial score (nSPS) is 27.8. The first-order chi connectivity index (χ1) is 15.9. The van der Waals surface area contributed by atoms with Crippen molar-refractivity contribution in [2.75, 3.05) is 11.9 Å². The number of allylic oxidation sites excluding steroid dienone is 4. The van der Waals surface area contributed by atoms with Crippen LogP contribution in [0.25, 0.3) is 0 Å². The van der Waals surface area contributed by atoms with Crippen molar-refractivity contribution in [3.05, 3.63) is 59.7 Å². The number of ether oxygens (including phenoxy) is 1. The molecule has 0 radical (unpaired) electrons. The van der Waals surface area contributed by atoms with Gasteiger partial charge in [-0.3, -0.25) is 4.79 Å². The van der Waals surface area contributed by atoms with Crippen molar-refractivity contribution in [3.8, 4) is 5.75 Å². The lowest BCUT2D eigenvalue weighted by atomic mass is 9.49. The average Bonchev–Trinajstić information content (AvgIpc) is 2.74. The Labute approximate surface area is 200 Å². The minimum atomic E-state index is -0.129. The van der Waals surface area contributed by atoms with E-state index in [-0.39, 0.29) is 11.3 Å². The highest BCUT2D eigenvalue weighted by atomic mass is 16.5. The maximum Gasteiger partial charge on any atom is 0.230 e. The highest BCUT2D eigenvalue weighted by Gasteiger charge is 2.54. The molecule has 3 nitrogen and oxygen atoms in total. The topological polar surface area (TPSA) is 38.3 Å². The molecule has 4 aliphatic carbocycles. The van der Waals surface area contributed by atoms with Crippen molar-refractivity contribution in [1.29, 1.82) is 0 Å². The number of anilines is 1. The summed E-state index contributed by atoms with van der Waals surface area (Å²) in [6, 6.07) is 6.06. The van der Waals surface area contributed by atoms with Crippen molar-refractivity contribution in [1.82, 2.24) is 0 Å². The van der Waals surface area contributed by atoms with Gasteiger partial charge in [-0.25, -0.2) is 0 Å². The van der Waals surface area contributed by atoms with Crippen LogP contribution in [-0.2, 0) is 11.2 Å². The van der Waals surface area contributed by atoms with Gasteiger partial charge in [0, 0.05) is 5.69 Å². The fourth-order valence-corrected chi connectivity index (χ4v) is 6.73. The van der Waals surface area contributed by atoms with Crippen LogP contribution in [0.2, 0.25) is 0 Å². The van der Waals surface area contributed by atoms with E-state index in [4.69, 9.17) is 4.74 Å². The third kappa shape index (κ3) is 5.80. The molecule has 33 heavy (non-hydrogen) atoms. The summed E-state index contributed by atoms with van der Waals surface area (Å²) < 4.78 is 6.10. The largest absolute Gasteiger partial charge is 0.489 e. The Morgan fingerprint density at radius 2 is 1.76 bits per heavy atom. The summed E-state index contributed by atoms with van der Waals surface area (Å²) in [4.78, 5) is 13.4. The molecule has 5 rings (SSSR count). The predicted octanol–water partition coefficient (Wildman–Crippen LogP) is 7.64. The molecule has 4 aliphatic rings. The molecule has 178 valence electrons. The minimum absolute atomic E-state index is 0.129. The lowest BCUT2D eigenvalue weighted by molar-refractivity contribution is -0.140. The first-order valence-electron chi connectivity index (χ1n) is 12.8. The Morgan fingerprint density at radius 1 is 1.09 bits per heavy atom. The number of hydrogen-bond acceptors (Lipinski definition) is 2. The van der Waals surface area contributed by atoms with Crippen LogP contribution in [-0.4, -0.2) is 12.5 Å². The number of carbonyl (C=O) groups is 1. The van der Waals surface area contributed by atoms with Crippen LogP contribution >= 0.6 is 0 Å². The molecule has 0 saturated heterocycles. The minimum Gasteiger partial charge on any atom is -0.489 e. The lowest BCUT2D eigenvalue weighted by Gasteiger charge is -2.55. The van der Waals surface area contributed by atoms with Crippen LogP contribution in [0.1, 0.15) is 77.7 Å². The SMILES string of the molecule is C=CCc1cc(NC(=O)C23CC4CC(CC(C4)C2)C3)ccc1OC/C=C(\C)CCC=C(C)C. The summed E-state index contributed by atoms with van der Waals surface area (Å²) in [6.45, 7) is 10.9. The Kier molecular flexibility index (Phi) is 7.46. The molecule has 0 atom stereocenters. The van der Waals surface area contributed by atoms with E-state index < -0.39 is 0 Å². The second kappa shape index (κ2) is 10.3. The Hall–Kier alpha value is -2.29. The molecule has 1 N–H and O–H groups in total. The van der Waals surface area contributed by atoms with E-state index in [1.807, 2.05) is 18.2 Å². The van der Waals surface area contributed by atoms with E-state index in [1.54, 1.807) is 0 Å². The van der Waals surface area contributed by atoms with E-state index in [0.717, 1.165) is 73.3 Å². The van der Waals surface area contributed by atoms with Crippen molar-refractivity contribution < 1.29 is 9.53 Å². The van der Waals surface area contributed by atoms with Crippen LogP contribution in [0.3, 0.4) is 0 Å². The van der Waals surface area contributed by atoms with Gasteiger partial charge in [0.2, 0.25) is 5.91 Å². The molecular weight excluding hydrogens is 406 g/mol. The molecule has 1 aromatic carbocycles. The fraction of sp³-hybridized carbons (Fsp3) is 0.567. The molecule has 0 spiro atoms. The molecule has 1 amide bonds. The number of carbonyl (C=O) groups excluding carboxylic acids is 1. The predicted molar refractivity (Wildman–Crippen MR) is 137 cm³/mol. The average molecular weight is 448 g/mol. The molecular formula is C30H41NO2. The third-order valence-electron chi connectivity index (χ3n) is 7.96. The van der Waals surface area contributed by atoms with Gasteiger partial charge in [0.05, 0.1) is 5.41 Å². The zero-order valence-electron chi connectivity index (χ0n) is 20.8. The second-order valence-corrected chi connectivity index (χ2v) is 11.1. The van der Waals surface area contributed by atoms with Gasteiger partial charge >= 0.3 is 0 Å². The van der Waals surface area contributed by atoms with E-state index in [1.165, 1.54) is 30.4 Å². The highest BCUT2D eigenvalue weighted by Crippen LogP contribution is 2.60.